The highest BCUT2D eigenvalue weighted by atomic mass is 35.5. The lowest BCUT2D eigenvalue weighted by atomic mass is 10.1. The monoisotopic (exact) mass is 368 g/mol. The van der Waals surface area contributed by atoms with Crippen molar-refractivity contribution < 1.29 is 0 Å². The van der Waals surface area contributed by atoms with Gasteiger partial charge < -0.3 is 9.80 Å². The summed E-state index contributed by atoms with van der Waals surface area (Å²) in [7, 11) is 0. The second kappa shape index (κ2) is 10.9. The first kappa shape index (κ1) is 19.5. The molecule has 0 bridgehead atoms. The van der Waals surface area contributed by atoms with Crippen LogP contribution in [0.25, 0.3) is 0 Å². The van der Waals surface area contributed by atoms with Gasteiger partial charge in [-0.25, -0.2) is 0 Å². The number of hydrogen-bond donors (Lipinski definition) is 0. The number of nitrogens with zero attached hydrogens (tertiary/aromatic N) is 2. The summed E-state index contributed by atoms with van der Waals surface area (Å²) in [6.07, 6.45) is 27.2. The first-order chi connectivity index (χ1) is 11.7. The molecule has 2 rings (SSSR count). The van der Waals surface area contributed by atoms with Crippen LogP contribution in [0.3, 0.4) is 0 Å². The van der Waals surface area contributed by atoms with Crippen molar-refractivity contribution in [3.05, 3.63) is 49.1 Å². The fraction of sp³-hybridized carbons (Fsp3) is 0.600. The number of hydrogen-bond acceptors (Lipinski definition) is 2. The second-order valence-corrected chi connectivity index (χ2v) is 7.55. The quantitative estimate of drug-likeness (QED) is 0.327. The average molecular weight is 369 g/mol. The van der Waals surface area contributed by atoms with Gasteiger partial charge >= 0.3 is 0 Å². The van der Waals surface area contributed by atoms with Crippen LogP contribution in [0.2, 0.25) is 0 Å². The molecule has 24 heavy (non-hydrogen) atoms. The fourth-order valence-corrected chi connectivity index (χ4v) is 3.35. The van der Waals surface area contributed by atoms with E-state index in [1.165, 1.54) is 44.9 Å². The molecule has 0 aromatic carbocycles. The maximum atomic E-state index is 6.12. The zero-order valence-electron chi connectivity index (χ0n) is 14.7. The van der Waals surface area contributed by atoms with Gasteiger partial charge in [0, 0.05) is 24.8 Å². The van der Waals surface area contributed by atoms with E-state index in [1.54, 1.807) is 0 Å². The minimum atomic E-state index is 0.000118. The highest BCUT2D eigenvalue weighted by Crippen LogP contribution is 2.23. The normalized spacial score (nSPS) is 18.3. The average Bonchev–Trinajstić information content (AvgIpc) is 2.60. The standard InChI is InChI=1S/C20H30Cl2N2/c1-2-3-4-5-6-7-8-9-20(23-14-10-18(21)11-15-23)24-16-12-19(22)13-17-24/h10-20H,2-9H2,1H3. The summed E-state index contributed by atoms with van der Waals surface area (Å²) in [5.41, 5.74) is 0. The molecule has 0 atom stereocenters. The molecule has 0 radical (unpaired) electrons. The van der Waals surface area contributed by atoms with Crippen LogP contribution in [0, 0.1) is 0 Å². The molecular formula is C20H30Cl2N2. The number of halogens is 2. The highest BCUT2D eigenvalue weighted by Gasteiger charge is 2.21. The molecule has 0 spiro atoms. The van der Waals surface area contributed by atoms with Crippen molar-refractivity contribution in [2.75, 3.05) is 0 Å². The minimum absolute atomic E-state index is 0.000118. The van der Waals surface area contributed by atoms with E-state index >= 15 is 0 Å². The zero-order valence-corrected chi connectivity index (χ0v) is 16.2. The van der Waals surface area contributed by atoms with E-state index in [2.05, 4.69) is 41.5 Å². The fourth-order valence-electron chi connectivity index (χ4n) is 3.09. The Bertz CT molecular complexity index is 408. The van der Waals surface area contributed by atoms with Crippen LogP contribution >= 0.6 is 23.2 Å². The molecule has 2 aliphatic heterocycles. The van der Waals surface area contributed by atoms with Crippen molar-refractivity contribution in [2.45, 2.75) is 75.2 Å². The number of rotatable bonds is 10. The molecule has 0 unspecified atom stereocenters. The third kappa shape index (κ3) is 6.57. The summed E-state index contributed by atoms with van der Waals surface area (Å²) < 4.78 is 0. The van der Waals surface area contributed by atoms with Crippen molar-refractivity contribution in [3.63, 3.8) is 0 Å². The van der Waals surface area contributed by atoms with Gasteiger partial charge in [-0.3, -0.25) is 0 Å². The van der Waals surface area contributed by atoms with E-state index < -0.39 is 0 Å². The third-order valence-electron chi connectivity index (χ3n) is 4.52. The van der Waals surface area contributed by atoms with Crippen LogP contribution in [-0.2, 0) is 0 Å². The summed E-state index contributed by atoms with van der Waals surface area (Å²) in [5, 5.41) is 0.000237. The lowest BCUT2D eigenvalue weighted by molar-refractivity contribution is 0.187. The van der Waals surface area contributed by atoms with Crippen LogP contribution in [0.5, 0.6) is 0 Å². The SMILES string of the molecule is CCCCCCCCCC(N1C=CC(Cl)C=C1)N1C=CC(Cl)C=C1. The van der Waals surface area contributed by atoms with E-state index in [1.807, 2.05) is 24.3 Å². The summed E-state index contributed by atoms with van der Waals surface area (Å²) in [6.45, 7) is 2.26. The van der Waals surface area contributed by atoms with Gasteiger partial charge in [0.05, 0.1) is 10.8 Å². The molecule has 0 aromatic rings. The number of alkyl halides is 2. The van der Waals surface area contributed by atoms with Gasteiger partial charge in [-0.1, -0.05) is 45.4 Å². The summed E-state index contributed by atoms with van der Waals surface area (Å²) >= 11 is 12.2. The van der Waals surface area contributed by atoms with Crippen LogP contribution in [-0.4, -0.2) is 26.7 Å². The zero-order chi connectivity index (χ0) is 17.2. The second-order valence-electron chi connectivity index (χ2n) is 6.54. The molecule has 0 aromatic heterocycles. The predicted molar refractivity (Wildman–Crippen MR) is 106 cm³/mol. The van der Waals surface area contributed by atoms with E-state index in [0.29, 0.717) is 0 Å². The van der Waals surface area contributed by atoms with Crippen LogP contribution < -0.4 is 0 Å². The van der Waals surface area contributed by atoms with E-state index in [9.17, 15) is 0 Å². The van der Waals surface area contributed by atoms with Crippen LogP contribution in [0.4, 0.5) is 0 Å². The molecule has 2 heterocycles. The van der Waals surface area contributed by atoms with Gasteiger partial charge in [0.1, 0.15) is 6.17 Å². The third-order valence-corrected chi connectivity index (χ3v) is 5.10. The summed E-state index contributed by atoms with van der Waals surface area (Å²) in [5.74, 6) is 0. The molecule has 0 aliphatic carbocycles. The van der Waals surface area contributed by atoms with Gasteiger partial charge in [-0.05, 0) is 37.1 Å². The molecule has 0 N–H and O–H groups in total. The number of unbranched alkanes of at least 4 members (excludes halogenated alkanes) is 6. The first-order valence-electron chi connectivity index (χ1n) is 9.27. The van der Waals surface area contributed by atoms with Gasteiger partial charge in [0.2, 0.25) is 0 Å². The molecule has 0 saturated heterocycles. The van der Waals surface area contributed by atoms with Crippen LogP contribution in [0.15, 0.2) is 49.1 Å². The lowest BCUT2D eigenvalue weighted by Gasteiger charge is -2.37. The van der Waals surface area contributed by atoms with Gasteiger partial charge in [-0.2, -0.15) is 0 Å². The molecular weight excluding hydrogens is 339 g/mol. The van der Waals surface area contributed by atoms with E-state index in [4.69, 9.17) is 23.2 Å². The molecule has 0 amide bonds. The summed E-state index contributed by atoms with van der Waals surface area (Å²) in [4.78, 5) is 4.50. The van der Waals surface area contributed by atoms with Crippen molar-refractivity contribution in [2.24, 2.45) is 0 Å². The Balaban J connectivity index is 1.84. The molecule has 0 saturated carbocycles. The van der Waals surface area contributed by atoms with Gasteiger partial charge in [-0.15, -0.1) is 23.2 Å². The van der Waals surface area contributed by atoms with Crippen molar-refractivity contribution in [3.8, 4) is 0 Å². The molecule has 2 nitrogen and oxygen atoms in total. The Hall–Kier alpha value is -0.860. The van der Waals surface area contributed by atoms with Crippen molar-refractivity contribution >= 4 is 23.2 Å². The Morgan fingerprint density at radius 2 is 1.12 bits per heavy atom. The van der Waals surface area contributed by atoms with Crippen molar-refractivity contribution in [1.29, 1.82) is 0 Å². The number of allylic oxidation sites excluding steroid dienone is 4. The molecule has 0 fully saturated rings. The Morgan fingerprint density at radius 1 is 0.708 bits per heavy atom. The molecule has 4 heteroatoms. The molecule has 2 aliphatic rings. The topological polar surface area (TPSA) is 6.48 Å². The van der Waals surface area contributed by atoms with Gasteiger partial charge in [0.15, 0.2) is 0 Å². The minimum Gasteiger partial charge on any atom is -0.334 e. The Kier molecular flexibility index (Phi) is 8.83. The van der Waals surface area contributed by atoms with Gasteiger partial charge in [0.25, 0.3) is 0 Å². The van der Waals surface area contributed by atoms with E-state index in [-0.39, 0.29) is 16.9 Å². The van der Waals surface area contributed by atoms with E-state index in [0.717, 1.165) is 6.42 Å². The van der Waals surface area contributed by atoms with Crippen molar-refractivity contribution in [1.82, 2.24) is 9.80 Å². The van der Waals surface area contributed by atoms with Crippen LogP contribution in [0.1, 0.15) is 58.3 Å². The Labute approximate surface area is 157 Å². The lowest BCUT2D eigenvalue weighted by Crippen LogP contribution is -2.39. The Morgan fingerprint density at radius 3 is 1.58 bits per heavy atom. The smallest absolute Gasteiger partial charge is 0.109 e. The maximum absolute atomic E-state index is 6.12. The largest absolute Gasteiger partial charge is 0.334 e. The predicted octanol–water partition coefficient (Wildman–Crippen LogP) is 6.35. The summed E-state index contributed by atoms with van der Waals surface area (Å²) in [6, 6.07) is 0. The maximum Gasteiger partial charge on any atom is 0.109 e. The molecule has 134 valence electrons. The first-order valence-corrected chi connectivity index (χ1v) is 10.1. The highest BCUT2D eigenvalue weighted by molar-refractivity contribution is 6.23.